The second-order valence-electron chi connectivity index (χ2n) is 5.25. The van der Waals surface area contributed by atoms with Crippen LogP contribution in [0, 0.1) is 16.7 Å². The van der Waals surface area contributed by atoms with E-state index in [4.69, 9.17) is 10.4 Å². The second kappa shape index (κ2) is 4.92. The number of hydrogen-bond acceptors (Lipinski definition) is 3. The number of carboxylic acid groups (broad SMARTS) is 1. The minimum atomic E-state index is -0.799. The van der Waals surface area contributed by atoms with Gasteiger partial charge in [0.15, 0.2) is 0 Å². The van der Waals surface area contributed by atoms with E-state index in [0.717, 1.165) is 32.2 Å². The minimum absolute atomic E-state index is 0.284. The molecule has 2 aliphatic rings. The van der Waals surface area contributed by atoms with Crippen molar-refractivity contribution in [3.8, 4) is 6.07 Å². The maximum absolute atomic E-state index is 10.8. The van der Waals surface area contributed by atoms with Gasteiger partial charge in [0.25, 0.3) is 0 Å². The Bertz CT molecular complexity index is 329. The van der Waals surface area contributed by atoms with Crippen molar-refractivity contribution < 1.29 is 9.90 Å². The molecule has 2 fully saturated rings. The lowest BCUT2D eigenvalue weighted by molar-refractivity contribution is 0.0967. The number of piperidine rings is 1. The summed E-state index contributed by atoms with van der Waals surface area (Å²) in [6.45, 7) is 2.29. The van der Waals surface area contributed by atoms with Crippen molar-refractivity contribution in [2.24, 2.45) is 5.41 Å². The molecule has 0 aromatic carbocycles. The summed E-state index contributed by atoms with van der Waals surface area (Å²) < 4.78 is 0. The topological polar surface area (TPSA) is 76.4 Å². The summed E-state index contributed by atoms with van der Waals surface area (Å²) in [6, 6.07) is 2.63. The lowest BCUT2D eigenvalue weighted by atomic mass is 9.76. The van der Waals surface area contributed by atoms with Crippen LogP contribution in [0.5, 0.6) is 0 Å². The molecular formula is C12H19N3O2. The van der Waals surface area contributed by atoms with Crippen LogP contribution in [0.25, 0.3) is 0 Å². The zero-order chi connectivity index (χ0) is 12.3. The van der Waals surface area contributed by atoms with Gasteiger partial charge < -0.3 is 15.3 Å². The Morgan fingerprint density at radius 2 is 2.24 bits per heavy atom. The van der Waals surface area contributed by atoms with Crippen LogP contribution in [-0.2, 0) is 0 Å². The number of nitriles is 1. The van der Waals surface area contributed by atoms with Crippen LogP contribution in [-0.4, -0.2) is 41.8 Å². The summed E-state index contributed by atoms with van der Waals surface area (Å²) in [7, 11) is 0. The monoisotopic (exact) mass is 237 g/mol. The van der Waals surface area contributed by atoms with Crippen molar-refractivity contribution in [1.29, 1.82) is 5.26 Å². The van der Waals surface area contributed by atoms with E-state index in [2.05, 4.69) is 11.4 Å². The van der Waals surface area contributed by atoms with Crippen LogP contribution in [0.15, 0.2) is 0 Å². The molecule has 2 saturated heterocycles. The van der Waals surface area contributed by atoms with Gasteiger partial charge in [-0.25, -0.2) is 4.79 Å². The van der Waals surface area contributed by atoms with E-state index in [1.165, 1.54) is 4.90 Å². The van der Waals surface area contributed by atoms with E-state index < -0.39 is 6.09 Å². The van der Waals surface area contributed by atoms with Gasteiger partial charge in [-0.1, -0.05) is 0 Å². The van der Waals surface area contributed by atoms with E-state index in [0.29, 0.717) is 25.6 Å². The average Bonchev–Trinajstić information content (AvgIpc) is 2.70. The normalized spacial score (nSPS) is 27.0. The van der Waals surface area contributed by atoms with Crippen molar-refractivity contribution in [2.75, 3.05) is 19.6 Å². The van der Waals surface area contributed by atoms with Crippen molar-refractivity contribution in [3.05, 3.63) is 0 Å². The van der Waals surface area contributed by atoms with Crippen LogP contribution in [0.2, 0.25) is 0 Å². The maximum Gasteiger partial charge on any atom is 0.407 e. The Balaban J connectivity index is 1.84. The number of nitrogens with one attached hydrogen (secondary N) is 1. The molecule has 0 aromatic rings. The Morgan fingerprint density at radius 1 is 1.53 bits per heavy atom. The first-order chi connectivity index (χ1) is 8.15. The molecule has 94 valence electrons. The van der Waals surface area contributed by atoms with Gasteiger partial charge in [0.05, 0.1) is 6.07 Å². The first kappa shape index (κ1) is 12.2. The molecule has 0 aliphatic carbocycles. The van der Waals surface area contributed by atoms with E-state index >= 15 is 0 Å². The number of carbonyl (C=O) groups is 1. The fourth-order valence-electron chi connectivity index (χ4n) is 3.02. The van der Waals surface area contributed by atoms with Crippen molar-refractivity contribution >= 4 is 6.09 Å². The van der Waals surface area contributed by atoms with Gasteiger partial charge in [-0.2, -0.15) is 5.26 Å². The Labute approximate surface area is 101 Å². The third-order valence-corrected chi connectivity index (χ3v) is 4.14. The van der Waals surface area contributed by atoms with Crippen LogP contribution in [0.3, 0.4) is 0 Å². The molecule has 5 heteroatoms. The molecule has 0 aromatic heterocycles. The fourth-order valence-corrected chi connectivity index (χ4v) is 3.02. The Morgan fingerprint density at radius 3 is 2.82 bits per heavy atom. The first-order valence-electron chi connectivity index (χ1n) is 6.23. The third kappa shape index (κ3) is 2.70. The lowest BCUT2D eigenvalue weighted by Crippen LogP contribution is -2.43. The molecule has 2 aliphatic heterocycles. The molecule has 0 unspecified atom stereocenters. The highest BCUT2D eigenvalue weighted by Gasteiger charge is 2.41. The highest BCUT2D eigenvalue weighted by molar-refractivity contribution is 5.65. The van der Waals surface area contributed by atoms with Gasteiger partial charge in [0.1, 0.15) is 0 Å². The second-order valence-corrected chi connectivity index (χ2v) is 5.25. The summed E-state index contributed by atoms with van der Waals surface area (Å²) in [5.74, 6) is 0. The molecule has 2 N–H and O–H groups in total. The standard InChI is InChI=1S/C12H19N3O2/c13-5-1-2-10-8-12(9-14-10)3-6-15(7-4-12)11(16)17/h10,14H,1-4,6-9H2,(H,16,17)/t10-/m0/s1. The van der Waals surface area contributed by atoms with Gasteiger partial charge in [-0.3, -0.25) is 0 Å². The van der Waals surface area contributed by atoms with E-state index in [9.17, 15) is 4.79 Å². The van der Waals surface area contributed by atoms with Crippen molar-refractivity contribution in [2.45, 2.75) is 38.1 Å². The molecule has 0 radical (unpaired) electrons. The van der Waals surface area contributed by atoms with E-state index in [1.54, 1.807) is 0 Å². The third-order valence-electron chi connectivity index (χ3n) is 4.14. The fraction of sp³-hybridized carbons (Fsp3) is 0.833. The Hall–Kier alpha value is -1.28. The number of rotatable bonds is 2. The number of amides is 1. The summed E-state index contributed by atoms with van der Waals surface area (Å²) in [4.78, 5) is 12.3. The van der Waals surface area contributed by atoms with Crippen LogP contribution >= 0.6 is 0 Å². The van der Waals surface area contributed by atoms with Gasteiger partial charge in [-0.15, -0.1) is 0 Å². The van der Waals surface area contributed by atoms with Gasteiger partial charge in [0, 0.05) is 32.1 Å². The predicted molar refractivity (Wildman–Crippen MR) is 62.5 cm³/mol. The zero-order valence-corrected chi connectivity index (χ0v) is 9.98. The molecule has 2 rings (SSSR count). The molecule has 1 atom stereocenters. The van der Waals surface area contributed by atoms with Crippen molar-refractivity contribution in [1.82, 2.24) is 10.2 Å². The largest absolute Gasteiger partial charge is 0.465 e. The van der Waals surface area contributed by atoms with Gasteiger partial charge in [-0.05, 0) is 31.1 Å². The van der Waals surface area contributed by atoms with Crippen LogP contribution < -0.4 is 5.32 Å². The summed E-state index contributed by atoms with van der Waals surface area (Å²) in [5, 5.41) is 21.0. The molecule has 2 heterocycles. The smallest absolute Gasteiger partial charge is 0.407 e. The average molecular weight is 237 g/mol. The first-order valence-corrected chi connectivity index (χ1v) is 6.23. The molecule has 1 spiro atoms. The number of nitrogens with zero attached hydrogens (tertiary/aromatic N) is 2. The summed E-state index contributed by atoms with van der Waals surface area (Å²) in [6.07, 6.45) is 3.73. The molecular weight excluding hydrogens is 218 g/mol. The zero-order valence-electron chi connectivity index (χ0n) is 9.98. The number of likely N-dealkylation sites (tertiary alicyclic amines) is 1. The van der Waals surface area contributed by atoms with Crippen molar-refractivity contribution in [3.63, 3.8) is 0 Å². The van der Waals surface area contributed by atoms with Crippen LogP contribution in [0.4, 0.5) is 4.79 Å². The quantitative estimate of drug-likeness (QED) is 0.761. The summed E-state index contributed by atoms with van der Waals surface area (Å²) >= 11 is 0. The Kier molecular flexibility index (Phi) is 3.53. The van der Waals surface area contributed by atoms with Crippen LogP contribution in [0.1, 0.15) is 32.1 Å². The van der Waals surface area contributed by atoms with E-state index in [-0.39, 0.29) is 5.41 Å². The predicted octanol–water partition coefficient (Wildman–Crippen LogP) is 1.41. The highest BCUT2D eigenvalue weighted by Crippen LogP contribution is 2.40. The molecule has 0 bridgehead atoms. The molecule has 1 amide bonds. The molecule has 17 heavy (non-hydrogen) atoms. The number of hydrogen-bond donors (Lipinski definition) is 2. The summed E-state index contributed by atoms with van der Waals surface area (Å²) in [5.41, 5.74) is 0.284. The molecule has 5 nitrogen and oxygen atoms in total. The SMILES string of the molecule is N#CCC[C@H]1CC2(CCN(C(=O)O)CC2)CN1. The minimum Gasteiger partial charge on any atom is -0.465 e. The van der Waals surface area contributed by atoms with Gasteiger partial charge in [0.2, 0.25) is 0 Å². The lowest BCUT2D eigenvalue weighted by Gasteiger charge is -2.37. The van der Waals surface area contributed by atoms with E-state index in [1.807, 2.05) is 0 Å². The maximum atomic E-state index is 10.8. The van der Waals surface area contributed by atoms with Gasteiger partial charge >= 0.3 is 6.09 Å². The molecule has 0 saturated carbocycles. The highest BCUT2D eigenvalue weighted by atomic mass is 16.4.